The van der Waals surface area contributed by atoms with Crippen molar-refractivity contribution in [1.29, 1.82) is 0 Å². The molecule has 0 radical (unpaired) electrons. The molecular weight excluding hydrogens is 222 g/mol. The number of likely N-dealkylation sites (N-methyl/N-ethyl adjacent to an activating group) is 2. The highest BCUT2D eigenvalue weighted by molar-refractivity contribution is 5.36. The molecule has 3 heteroatoms. The molecule has 2 rings (SSSR count). The Labute approximate surface area is 111 Å². The quantitative estimate of drug-likeness (QED) is 0.842. The number of fused-ring (bicyclic) bond motifs is 1. The number of hydrogen-bond donors (Lipinski definition) is 1. The van der Waals surface area contributed by atoms with Gasteiger partial charge >= 0.3 is 0 Å². The van der Waals surface area contributed by atoms with Crippen LogP contribution in [0, 0.1) is 0 Å². The lowest BCUT2D eigenvalue weighted by Gasteiger charge is -2.38. The molecule has 0 spiro atoms. The maximum Gasteiger partial charge on any atom is 0.0409 e. The van der Waals surface area contributed by atoms with E-state index in [2.05, 4.69) is 55.2 Å². The molecule has 1 aromatic rings. The van der Waals surface area contributed by atoms with E-state index in [1.165, 1.54) is 11.1 Å². The molecule has 0 unspecified atom stereocenters. The van der Waals surface area contributed by atoms with Crippen molar-refractivity contribution in [3.05, 3.63) is 35.4 Å². The van der Waals surface area contributed by atoms with Crippen LogP contribution < -0.4 is 5.73 Å². The molecular formula is C15H25N3. The molecule has 0 aromatic heterocycles. The van der Waals surface area contributed by atoms with Crippen LogP contribution in [0.1, 0.15) is 11.1 Å². The lowest BCUT2D eigenvalue weighted by molar-refractivity contribution is 0.125. The van der Waals surface area contributed by atoms with Crippen LogP contribution in [0.4, 0.5) is 0 Å². The number of rotatable bonds is 5. The zero-order valence-corrected chi connectivity index (χ0v) is 11.8. The van der Waals surface area contributed by atoms with E-state index < -0.39 is 0 Å². The number of benzene rings is 1. The summed E-state index contributed by atoms with van der Waals surface area (Å²) in [4.78, 5) is 4.68. The van der Waals surface area contributed by atoms with E-state index in [9.17, 15) is 0 Å². The minimum absolute atomic E-state index is 0.125. The fraction of sp³-hybridized carbons (Fsp3) is 0.600. The molecule has 0 amide bonds. The van der Waals surface area contributed by atoms with Crippen molar-refractivity contribution >= 4 is 0 Å². The second-order valence-electron chi connectivity index (χ2n) is 5.78. The summed E-state index contributed by atoms with van der Waals surface area (Å²) in [5.41, 5.74) is 9.17. The third-order valence-corrected chi connectivity index (χ3v) is 4.23. The summed E-state index contributed by atoms with van der Waals surface area (Å²) in [5, 5.41) is 0. The zero-order valence-electron chi connectivity index (χ0n) is 11.8. The standard InChI is InChI=1S/C15H25N3/c1-17(2)8-9-18(3)15(12-16)10-13-6-4-5-7-14(13)11-15/h4-7H,8-12,16H2,1-3H3. The second kappa shape index (κ2) is 5.39. The van der Waals surface area contributed by atoms with Gasteiger partial charge in [0, 0.05) is 25.2 Å². The Balaban J connectivity index is 2.10. The average molecular weight is 247 g/mol. The van der Waals surface area contributed by atoms with Crippen molar-refractivity contribution in [3.8, 4) is 0 Å². The zero-order chi connectivity index (χ0) is 13.2. The van der Waals surface area contributed by atoms with Crippen molar-refractivity contribution in [2.24, 2.45) is 5.73 Å². The van der Waals surface area contributed by atoms with Gasteiger partial charge in [0.1, 0.15) is 0 Å². The molecule has 3 nitrogen and oxygen atoms in total. The summed E-state index contributed by atoms with van der Waals surface area (Å²) in [6.45, 7) is 2.87. The maximum absolute atomic E-state index is 6.10. The Bertz CT molecular complexity index is 375. The van der Waals surface area contributed by atoms with Gasteiger partial charge in [-0.15, -0.1) is 0 Å². The van der Waals surface area contributed by atoms with Crippen molar-refractivity contribution in [2.45, 2.75) is 18.4 Å². The number of nitrogens with two attached hydrogens (primary N) is 1. The van der Waals surface area contributed by atoms with Crippen LogP contribution >= 0.6 is 0 Å². The number of hydrogen-bond acceptors (Lipinski definition) is 3. The Kier molecular flexibility index (Phi) is 4.05. The fourth-order valence-electron chi connectivity index (χ4n) is 2.83. The highest BCUT2D eigenvalue weighted by Crippen LogP contribution is 2.33. The molecule has 18 heavy (non-hydrogen) atoms. The summed E-state index contributed by atoms with van der Waals surface area (Å²) in [5.74, 6) is 0. The molecule has 0 bridgehead atoms. The van der Waals surface area contributed by atoms with Gasteiger partial charge in [0.15, 0.2) is 0 Å². The Hall–Kier alpha value is -0.900. The number of nitrogens with zero attached hydrogens (tertiary/aromatic N) is 2. The van der Waals surface area contributed by atoms with Crippen LogP contribution in [0.3, 0.4) is 0 Å². The second-order valence-corrected chi connectivity index (χ2v) is 5.78. The first-order chi connectivity index (χ1) is 8.57. The lowest BCUT2D eigenvalue weighted by atomic mass is 9.94. The van der Waals surface area contributed by atoms with Crippen LogP contribution in [-0.4, -0.2) is 56.1 Å². The van der Waals surface area contributed by atoms with E-state index in [1.807, 2.05) is 0 Å². The Morgan fingerprint density at radius 3 is 2.06 bits per heavy atom. The smallest absolute Gasteiger partial charge is 0.0409 e. The normalized spacial score (nSPS) is 17.4. The van der Waals surface area contributed by atoms with Gasteiger partial charge in [0.25, 0.3) is 0 Å². The van der Waals surface area contributed by atoms with E-state index in [1.54, 1.807) is 0 Å². The van der Waals surface area contributed by atoms with Crippen LogP contribution in [0.15, 0.2) is 24.3 Å². The van der Waals surface area contributed by atoms with Crippen molar-refractivity contribution in [2.75, 3.05) is 40.8 Å². The first-order valence-corrected chi connectivity index (χ1v) is 6.70. The lowest BCUT2D eigenvalue weighted by Crippen LogP contribution is -2.54. The highest BCUT2D eigenvalue weighted by Gasteiger charge is 2.39. The predicted octanol–water partition coefficient (Wildman–Crippen LogP) is 0.976. The van der Waals surface area contributed by atoms with Crippen LogP contribution in [0.5, 0.6) is 0 Å². The van der Waals surface area contributed by atoms with Gasteiger partial charge in [-0.05, 0) is 45.1 Å². The van der Waals surface area contributed by atoms with Crippen LogP contribution in [0.25, 0.3) is 0 Å². The van der Waals surface area contributed by atoms with Crippen molar-refractivity contribution in [3.63, 3.8) is 0 Å². The van der Waals surface area contributed by atoms with E-state index in [4.69, 9.17) is 5.73 Å². The van der Waals surface area contributed by atoms with Crippen molar-refractivity contribution in [1.82, 2.24) is 9.80 Å². The SMILES string of the molecule is CN(C)CCN(C)C1(CN)Cc2ccccc2C1. The van der Waals surface area contributed by atoms with E-state index in [0.717, 1.165) is 32.5 Å². The largest absolute Gasteiger partial charge is 0.329 e. The first kappa shape index (κ1) is 13.5. The van der Waals surface area contributed by atoms with Gasteiger partial charge in [-0.2, -0.15) is 0 Å². The molecule has 0 heterocycles. The molecule has 0 fully saturated rings. The molecule has 0 saturated heterocycles. The molecule has 1 aromatic carbocycles. The van der Waals surface area contributed by atoms with E-state index in [-0.39, 0.29) is 5.54 Å². The maximum atomic E-state index is 6.10. The fourth-order valence-corrected chi connectivity index (χ4v) is 2.83. The van der Waals surface area contributed by atoms with Crippen molar-refractivity contribution < 1.29 is 0 Å². The molecule has 0 aliphatic heterocycles. The Morgan fingerprint density at radius 2 is 1.61 bits per heavy atom. The minimum atomic E-state index is 0.125. The third-order valence-electron chi connectivity index (χ3n) is 4.23. The predicted molar refractivity (Wildman–Crippen MR) is 76.8 cm³/mol. The topological polar surface area (TPSA) is 32.5 Å². The van der Waals surface area contributed by atoms with Gasteiger partial charge in [0.2, 0.25) is 0 Å². The summed E-state index contributed by atoms with van der Waals surface area (Å²) in [6.07, 6.45) is 2.17. The summed E-state index contributed by atoms with van der Waals surface area (Å²) < 4.78 is 0. The molecule has 0 atom stereocenters. The summed E-state index contributed by atoms with van der Waals surface area (Å²) in [6, 6.07) is 8.75. The molecule has 2 N–H and O–H groups in total. The van der Waals surface area contributed by atoms with Crippen LogP contribution in [-0.2, 0) is 12.8 Å². The van der Waals surface area contributed by atoms with Gasteiger partial charge < -0.3 is 10.6 Å². The average Bonchev–Trinajstić information content (AvgIpc) is 2.75. The third kappa shape index (κ3) is 2.58. The van der Waals surface area contributed by atoms with Crippen LogP contribution in [0.2, 0.25) is 0 Å². The van der Waals surface area contributed by atoms with Gasteiger partial charge in [0.05, 0.1) is 0 Å². The highest BCUT2D eigenvalue weighted by atomic mass is 15.2. The molecule has 1 aliphatic carbocycles. The van der Waals surface area contributed by atoms with Gasteiger partial charge in [-0.25, -0.2) is 0 Å². The van der Waals surface area contributed by atoms with E-state index >= 15 is 0 Å². The van der Waals surface area contributed by atoms with E-state index in [0.29, 0.717) is 0 Å². The Morgan fingerprint density at radius 1 is 1.06 bits per heavy atom. The summed E-state index contributed by atoms with van der Waals surface area (Å²) in [7, 11) is 6.45. The van der Waals surface area contributed by atoms with Gasteiger partial charge in [-0.1, -0.05) is 24.3 Å². The minimum Gasteiger partial charge on any atom is -0.329 e. The summed E-state index contributed by atoms with van der Waals surface area (Å²) >= 11 is 0. The molecule has 1 aliphatic rings. The monoisotopic (exact) mass is 247 g/mol. The molecule has 100 valence electrons. The van der Waals surface area contributed by atoms with Gasteiger partial charge in [-0.3, -0.25) is 4.90 Å². The molecule has 0 saturated carbocycles. The first-order valence-electron chi connectivity index (χ1n) is 6.70.